The van der Waals surface area contributed by atoms with Crippen LogP contribution in [-0.2, 0) is 0 Å². The summed E-state index contributed by atoms with van der Waals surface area (Å²) in [6.07, 6.45) is 0. The van der Waals surface area contributed by atoms with Crippen molar-refractivity contribution in [1.82, 2.24) is 9.97 Å². The summed E-state index contributed by atoms with van der Waals surface area (Å²) in [6, 6.07) is 17.1. The molecule has 0 aliphatic heterocycles. The molecule has 0 spiro atoms. The van der Waals surface area contributed by atoms with Crippen molar-refractivity contribution in [2.75, 3.05) is 0 Å². The normalized spacial score (nSPS) is 10.6. The van der Waals surface area contributed by atoms with E-state index >= 15 is 0 Å². The van der Waals surface area contributed by atoms with Crippen molar-refractivity contribution < 1.29 is 10.0 Å². The maximum absolute atomic E-state index is 9.29. The van der Waals surface area contributed by atoms with E-state index in [0.29, 0.717) is 11.2 Å². The Morgan fingerprint density at radius 1 is 0.789 bits per heavy atom. The average molecular weight is 250 g/mol. The summed E-state index contributed by atoms with van der Waals surface area (Å²) in [5.74, 6) is 0. The van der Waals surface area contributed by atoms with E-state index in [1.807, 2.05) is 54.6 Å². The van der Waals surface area contributed by atoms with E-state index in [-0.39, 0.29) is 5.72 Å². The minimum Gasteiger partial charge on any atom is -0.421 e. The standard InChI is InChI=1S/C14H11BN2O2/c18-15(19)14-16-12-9-5-4-8-11(12)13(17-14)10-6-2-1-3-7-10/h1-9,18-19H. The van der Waals surface area contributed by atoms with Crippen molar-refractivity contribution in [3.05, 3.63) is 54.6 Å². The quantitative estimate of drug-likeness (QED) is 0.665. The predicted molar refractivity (Wildman–Crippen MR) is 74.8 cm³/mol. The van der Waals surface area contributed by atoms with Crippen molar-refractivity contribution >= 4 is 23.7 Å². The number of aromatic nitrogens is 2. The van der Waals surface area contributed by atoms with Gasteiger partial charge in [0.1, 0.15) is 0 Å². The average Bonchev–Trinajstić information content (AvgIpc) is 2.47. The van der Waals surface area contributed by atoms with Gasteiger partial charge < -0.3 is 10.0 Å². The maximum Gasteiger partial charge on any atom is 0.528 e. The fourth-order valence-corrected chi connectivity index (χ4v) is 2.03. The zero-order valence-corrected chi connectivity index (χ0v) is 10.1. The lowest BCUT2D eigenvalue weighted by molar-refractivity contribution is 0.422. The smallest absolute Gasteiger partial charge is 0.421 e. The lowest BCUT2D eigenvalue weighted by atomic mass is 9.90. The Kier molecular flexibility index (Phi) is 2.99. The van der Waals surface area contributed by atoms with Gasteiger partial charge in [0.2, 0.25) is 0 Å². The highest BCUT2D eigenvalue weighted by atomic mass is 16.4. The third-order valence-corrected chi connectivity index (χ3v) is 2.90. The Morgan fingerprint density at radius 3 is 2.21 bits per heavy atom. The number of para-hydroxylation sites is 1. The van der Waals surface area contributed by atoms with Crippen LogP contribution in [0, 0.1) is 0 Å². The largest absolute Gasteiger partial charge is 0.528 e. The number of rotatable bonds is 2. The van der Waals surface area contributed by atoms with Gasteiger partial charge in [-0.25, -0.2) is 9.97 Å². The zero-order chi connectivity index (χ0) is 13.2. The Bertz CT molecular complexity index is 717. The van der Waals surface area contributed by atoms with E-state index in [9.17, 15) is 10.0 Å². The molecule has 92 valence electrons. The molecular weight excluding hydrogens is 239 g/mol. The van der Waals surface area contributed by atoms with E-state index in [2.05, 4.69) is 9.97 Å². The summed E-state index contributed by atoms with van der Waals surface area (Å²) in [7, 11) is -1.67. The first-order valence-electron chi connectivity index (χ1n) is 5.94. The van der Waals surface area contributed by atoms with Crippen LogP contribution >= 0.6 is 0 Å². The second kappa shape index (κ2) is 4.80. The first-order valence-corrected chi connectivity index (χ1v) is 5.94. The van der Waals surface area contributed by atoms with E-state index < -0.39 is 7.12 Å². The number of nitrogens with zero attached hydrogens (tertiary/aromatic N) is 2. The molecule has 3 aromatic rings. The first kappa shape index (κ1) is 11.8. The van der Waals surface area contributed by atoms with Crippen molar-refractivity contribution in [3.63, 3.8) is 0 Å². The second-order valence-electron chi connectivity index (χ2n) is 4.19. The van der Waals surface area contributed by atoms with Crippen LogP contribution < -0.4 is 5.72 Å². The molecule has 0 unspecified atom stereocenters. The van der Waals surface area contributed by atoms with Crippen LogP contribution in [0.25, 0.3) is 22.2 Å². The van der Waals surface area contributed by atoms with Gasteiger partial charge in [-0.15, -0.1) is 0 Å². The molecule has 0 atom stereocenters. The van der Waals surface area contributed by atoms with E-state index in [0.717, 1.165) is 10.9 Å². The highest BCUT2D eigenvalue weighted by Gasteiger charge is 2.18. The van der Waals surface area contributed by atoms with Crippen LogP contribution in [0.3, 0.4) is 0 Å². The van der Waals surface area contributed by atoms with Crippen molar-refractivity contribution in [2.45, 2.75) is 0 Å². The van der Waals surface area contributed by atoms with Gasteiger partial charge >= 0.3 is 7.12 Å². The maximum atomic E-state index is 9.29. The van der Waals surface area contributed by atoms with Gasteiger partial charge in [0, 0.05) is 10.9 Å². The third kappa shape index (κ3) is 2.21. The minimum atomic E-state index is -1.67. The van der Waals surface area contributed by atoms with Crippen LogP contribution in [0.5, 0.6) is 0 Å². The molecule has 1 aromatic heterocycles. The van der Waals surface area contributed by atoms with Crippen LogP contribution in [0.2, 0.25) is 0 Å². The Hall–Kier alpha value is -2.24. The number of hydrogen-bond donors (Lipinski definition) is 2. The van der Waals surface area contributed by atoms with Crippen LogP contribution in [0.15, 0.2) is 54.6 Å². The van der Waals surface area contributed by atoms with Crippen molar-refractivity contribution in [2.24, 2.45) is 0 Å². The molecule has 0 saturated carbocycles. The van der Waals surface area contributed by atoms with E-state index in [1.54, 1.807) is 0 Å². The molecule has 0 amide bonds. The monoisotopic (exact) mass is 250 g/mol. The SMILES string of the molecule is OB(O)c1nc(-c2ccccc2)c2ccccc2n1. The molecule has 4 nitrogen and oxygen atoms in total. The number of hydrogen-bond acceptors (Lipinski definition) is 4. The fraction of sp³-hybridized carbons (Fsp3) is 0. The molecule has 1 heterocycles. The van der Waals surface area contributed by atoms with E-state index in [1.165, 1.54) is 0 Å². The van der Waals surface area contributed by atoms with Gasteiger partial charge in [-0.1, -0.05) is 48.5 Å². The second-order valence-corrected chi connectivity index (χ2v) is 4.19. The molecule has 2 aromatic carbocycles. The van der Waals surface area contributed by atoms with Crippen LogP contribution in [0.1, 0.15) is 0 Å². The summed E-state index contributed by atoms with van der Waals surface area (Å²) in [4.78, 5) is 8.41. The lowest BCUT2D eigenvalue weighted by Gasteiger charge is -2.08. The first-order chi connectivity index (χ1) is 9.25. The molecule has 19 heavy (non-hydrogen) atoms. The van der Waals surface area contributed by atoms with Crippen LogP contribution in [0.4, 0.5) is 0 Å². The van der Waals surface area contributed by atoms with Gasteiger partial charge in [0.05, 0.1) is 11.2 Å². The molecular formula is C14H11BN2O2. The molecule has 2 N–H and O–H groups in total. The molecule has 0 bridgehead atoms. The van der Waals surface area contributed by atoms with Gasteiger partial charge in [0.25, 0.3) is 0 Å². The summed E-state index contributed by atoms with van der Waals surface area (Å²) in [6.45, 7) is 0. The van der Waals surface area contributed by atoms with Gasteiger partial charge in [-0.05, 0) is 6.07 Å². The molecule has 0 fully saturated rings. The molecule has 0 saturated heterocycles. The van der Waals surface area contributed by atoms with Crippen LogP contribution in [-0.4, -0.2) is 27.1 Å². The highest BCUT2D eigenvalue weighted by molar-refractivity contribution is 6.56. The number of fused-ring (bicyclic) bond motifs is 1. The summed E-state index contributed by atoms with van der Waals surface area (Å²) in [5, 5.41) is 19.5. The Morgan fingerprint density at radius 2 is 1.47 bits per heavy atom. The fourth-order valence-electron chi connectivity index (χ4n) is 2.03. The topological polar surface area (TPSA) is 66.2 Å². The molecule has 5 heteroatoms. The predicted octanol–water partition coefficient (Wildman–Crippen LogP) is 0.977. The summed E-state index contributed by atoms with van der Waals surface area (Å²) in [5.41, 5.74) is 2.33. The minimum absolute atomic E-state index is 0.0116. The lowest BCUT2D eigenvalue weighted by Crippen LogP contribution is -2.35. The van der Waals surface area contributed by atoms with E-state index in [4.69, 9.17) is 0 Å². The highest BCUT2D eigenvalue weighted by Crippen LogP contribution is 2.24. The van der Waals surface area contributed by atoms with Crippen molar-refractivity contribution in [3.8, 4) is 11.3 Å². The third-order valence-electron chi connectivity index (χ3n) is 2.90. The summed E-state index contributed by atoms with van der Waals surface area (Å²) >= 11 is 0. The molecule has 0 aliphatic carbocycles. The van der Waals surface area contributed by atoms with Gasteiger partial charge in [0.15, 0.2) is 5.72 Å². The molecule has 0 radical (unpaired) electrons. The molecule has 0 aliphatic rings. The van der Waals surface area contributed by atoms with Gasteiger partial charge in [-0.3, -0.25) is 0 Å². The zero-order valence-electron chi connectivity index (χ0n) is 10.1. The molecule has 3 rings (SSSR count). The van der Waals surface area contributed by atoms with Crippen molar-refractivity contribution in [1.29, 1.82) is 0 Å². The Balaban J connectivity index is 2.33. The summed E-state index contributed by atoms with van der Waals surface area (Å²) < 4.78 is 0. The van der Waals surface area contributed by atoms with Gasteiger partial charge in [-0.2, -0.15) is 0 Å². The number of benzene rings is 2. The Labute approximate surface area is 110 Å².